The second-order valence-electron chi connectivity index (χ2n) is 6.80. The molecule has 1 aliphatic rings. The number of nitrogens with zero attached hydrogens (tertiary/aromatic N) is 6. The van der Waals surface area contributed by atoms with Crippen LogP contribution in [0.3, 0.4) is 0 Å². The Morgan fingerprint density at radius 3 is 2.48 bits per heavy atom. The highest BCUT2D eigenvalue weighted by Gasteiger charge is 2.18. The highest BCUT2D eigenvalue weighted by Crippen LogP contribution is 2.16. The quantitative estimate of drug-likeness (QED) is 0.353. The fourth-order valence-electron chi connectivity index (χ4n) is 3.29. The standard InChI is InChI=1S/C20H28ClN7.HI/c1-22-19(26(2)16-17-6-3-4-7-18(17)21)25-10-11-27-12-14-28(15-13-27)20-23-8-5-9-24-20;/h3-9H,10-16H2,1-2H3,(H,22,25);1H. The molecule has 1 aromatic carbocycles. The summed E-state index contributed by atoms with van der Waals surface area (Å²) in [5.41, 5.74) is 1.09. The number of hydrogen-bond acceptors (Lipinski definition) is 5. The van der Waals surface area contributed by atoms with Gasteiger partial charge >= 0.3 is 0 Å². The van der Waals surface area contributed by atoms with Crippen LogP contribution in [0.15, 0.2) is 47.7 Å². The summed E-state index contributed by atoms with van der Waals surface area (Å²) in [5.74, 6) is 1.69. The number of guanidine groups is 1. The van der Waals surface area contributed by atoms with Crippen LogP contribution >= 0.6 is 35.6 Å². The second-order valence-corrected chi connectivity index (χ2v) is 7.21. The third kappa shape index (κ3) is 6.97. The lowest BCUT2D eigenvalue weighted by atomic mass is 10.2. The van der Waals surface area contributed by atoms with Crippen molar-refractivity contribution in [2.24, 2.45) is 4.99 Å². The molecule has 1 aromatic heterocycles. The first-order valence-electron chi connectivity index (χ1n) is 9.57. The lowest BCUT2D eigenvalue weighted by Crippen LogP contribution is -2.49. The number of nitrogens with one attached hydrogen (secondary N) is 1. The molecule has 0 aliphatic carbocycles. The third-order valence-corrected chi connectivity index (χ3v) is 5.23. The molecular formula is C20H29ClIN7. The van der Waals surface area contributed by atoms with Crippen molar-refractivity contribution in [2.45, 2.75) is 6.54 Å². The SMILES string of the molecule is CN=C(NCCN1CCN(c2ncccn2)CC1)N(C)Cc1ccccc1Cl.I. The molecule has 1 fully saturated rings. The third-order valence-electron chi connectivity index (χ3n) is 4.86. The lowest BCUT2D eigenvalue weighted by Gasteiger charge is -2.34. The molecule has 1 aliphatic heterocycles. The van der Waals surface area contributed by atoms with Gasteiger partial charge in [-0.15, -0.1) is 24.0 Å². The Morgan fingerprint density at radius 2 is 1.83 bits per heavy atom. The van der Waals surface area contributed by atoms with Gasteiger partial charge < -0.3 is 15.1 Å². The molecule has 0 atom stereocenters. The van der Waals surface area contributed by atoms with Crippen LogP contribution in [0, 0.1) is 0 Å². The Hall–Kier alpha value is -1.65. The molecule has 0 radical (unpaired) electrons. The first-order valence-corrected chi connectivity index (χ1v) is 9.94. The van der Waals surface area contributed by atoms with Gasteiger partial charge in [-0.1, -0.05) is 29.8 Å². The summed E-state index contributed by atoms with van der Waals surface area (Å²) >= 11 is 6.27. The monoisotopic (exact) mass is 529 g/mol. The van der Waals surface area contributed by atoms with Crippen LogP contribution in [0.1, 0.15) is 5.56 Å². The van der Waals surface area contributed by atoms with Crippen molar-refractivity contribution >= 4 is 47.5 Å². The van der Waals surface area contributed by atoms with Crippen LogP contribution in [0.5, 0.6) is 0 Å². The maximum absolute atomic E-state index is 6.27. The molecule has 2 heterocycles. The van der Waals surface area contributed by atoms with E-state index in [-0.39, 0.29) is 24.0 Å². The Kier molecular flexibility index (Phi) is 9.89. The molecule has 0 saturated carbocycles. The summed E-state index contributed by atoms with van der Waals surface area (Å²) in [5, 5.41) is 4.23. The van der Waals surface area contributed by atoms with Gasteiger partial charge in [0, 0.05) is 77.3 Å². The summed E-state index contributed by atoms with van der Waals surface area (Å²) in [6.45, 7) is 6.46. The molecule has 7 nitrogen and oxygen atoms in total. The molecule has 1 saturated heterocycles. The number of anilines is 1. The highest BCUT2D eigenvalue weighted by atomic mass is 127. The Balaban J connectivity index is 0.00000300. The van der Waals surface area contributed by atoms with Crippen LogP contribution < -0.4 is 10.2 Å². The van der Waals surface area contributed by atoms with Gasteiger partial charge in [-0.25, -0.2) is 9.97 Å². The molecular weight excluding hydrogens is 501 g/mol. The summed E-state index contributed by atoms with van der Waals surface area (Å²) in [4.78, 5) is 19.8. The highest BCUT2D eigenvalue weighted by molar-refractivity contribution is 14.0. The van der Waals surface area contributed by atoms with Gasteiger partial charge in [0.25, 0.3) is 0 Å². The van der Waals surface area contributed by atoms with Crippen molar-refractivity contribution in [3.63, 3.8) is 0 Å². The van der Waals surface area contributed by atoms with Crippen molar-refractivity contribution in [3.05, 3.63) is 53.3 Å². The van der Waals surface area contributed by atoms with Crippen LogP contribution in [0.2, 0.25) is 5.02 Å². The Morgan fingerprint density at radius 1 is 1.14 bits per heavy atom. The predicted octanol–water partition coefficient (Wildman–Crippen LogP) is 2.58. The van der Waals surface area contributed by atoms with Crippen molar-refractivity contribution in [1.82, 2.24) is 25.1 Å². The topological polar surface area (TPSA) is 59.9 Å². The predicted molar refractivity (Wildman–Crippen MR) is 130 cm³/mol. The van der Waals surface area contributed by atoms with Crippen molar-refractivity contribution in [1.29, 1.82) is 0 Å². The van der Waals surface area contributed by atoms with Gasteiger partial charge in [-0.05, 0) is 17.7 Å². The number of piperazine rings is 1. The van der Waals surface area contributed by atoms with E-state index in [1.165, 1.54) is 0 Å². The van der Waals surface area contributed by atoms with E-state index in [0.717, 1.165) is 68.3 Å². The fourth-order valence-corrected chi connectivity index (χ4v) is 3.49. The van der Waals surface area contributed by atoms with Crippen LogP contribution in [-0.2, 0) is 6.54 Å². The van der Waals surface area contributed by atoms with Crippen molar-refractivity contribution in [3.8, 4) is 0 Å². The van der Waals surface area contributed by atoms with Gasteiger partial charge in [-0.3, -0.25) is 9.89 Å². The van der Waals surface area contributed by atoms with E-state index >= 15 is 0 Å². The number of hydrogen-bond donors (Lipinski definition) is 1. The summed E-state index contributed by atoms with van der Waals surface area (Å²) in [6.07, 6.45) is 3.59. The van der Waals surface area contributed by atoms with Gasteiger partial charge in [0.15, 0.2) is 5.96 Å². The average molecular weight is 530 g/mol. The minimum Gasteiger partial charge on any atom is -0.355 e. The van der Waals surface area contributed by atoms with Crippen LogP contribution in [0.4, 0.5) is 5.95 Å². The molecule has 0 unspecified atom stereocenters. The van der Waals surface area contributed by atoms with E-state index in [1.54, 1.807) is 12.4 Å². The van der Waals surface area contributed by atoms with E-state index in [9.17, 15) is 0 Å². The zero-order chi connectivity index (χ0) is 19.8. The van der Waals surface area contributed by atoms with Gasteiger partial charge in [0.1, 0.15) is 0 Å². The molecule has 0 spiro atoms. The Bertz CT molecular complexity index is 766. The normalized spacial score (nSPS) is 15.0. The first kappa shape index (κ1) is 23.6. The zero-order valence-corrected chi connectivity index (χ0v) is 20.0. The molecule has 9 heteroatoms. The van der Waals surface area contributed by atoms with Gasteiger partial charge in [0.05, 0.1) is 0 Å². The maximum Gasteiger partial charge on any atom is 0.225 e. The van der Waals surface area contributed by atoms with E-state index in [0.29, 0.717) is 0 Å². The summed E-state index contributed by atoms with van der Waals surface area (Å²) in [7, 11) is 3.83. The van der Waals surface area contributed by atoms with Crippen LogP contribution in [-0.4, -0.2) is 79.1 Å². The van der Waals surface area contributed by atoms with E-state index in [2.05, 4.69) is 35.0 Å². The van der Waals surface area contributed by atoms with E-state index in [4.69, 9.17) is 11.6 Å². The van der Waals surface area contributed by atoms with Crippen molar-refractivity contribution < 1.29 is 0 Å². The summed E-state index contributed by atoms with van der Waals surface area (Å²) in [6, 6.07) is 9.76. The van der Waals surface area contributed by atoms with Gasteiger partial charge in [-0.2, -0.15) is 0 Å². The van der Waals surface area contributed by atoms with E-state index in [1.807, 2.05) is 44.4 Å². The number of aliphatic imine (C=N–C) groups is 1. The zero-order valence-electron chi connectivity index (χ0n) is 17.0. The molecule has 29 heavy (non-hydrogen) atoms. The first-order chi connectivity index (χ1) is 13.7. The number of rotatable bonds is 6. The van der Waals surface area contributed by atoms with Crippen LogP contribution in [0.25, 0.3) is 0 Å². The average Bonchev–Trinajstić information content (AvgIpc) is 2.74. The lowest BCUT2D eigenvalue weighted by molar-refractivity contribution is 0.259. The Labute approximate surface area is 195 Å². The maximum atomic E-state index is 6.27. The van der Waals surface area contributed by atoms with Gasteiger partial charge in [0.2, 0.25) is 5.95 Å². The molecule has 1 N–H and O–H groups in total. The van der Waals surface area contributed by atoms with Crippen molar-refractivity contribution in [2.75, 3.05) is 58.3 Å². The second kappa shape index (κ2) is 12.1. The molecule has 0 amide bonds. The molecule has 158 valence electrons. The van der Waals surface area contributed by atoms with E-state index < -0.39 is 0 Å². The number of aromatic nitrogens is 2. The largest absolute Gasteiger partial charge is 0.355 e. The smallest absolute Gasteiger partial charge is 0.225 e. The number of halogens is 2. The summed E-state index contributed by atoms with van der Waals surface area (Å²) < 4.78 is 0. The fraction of sp³-hybridized carbons (Fsp3) is 0.450. The minimum absolute atomic E-state index is 0. The number of benzene rings is 1. The molecule has 3 rings (SSSR count). The minimum atomic E-state index is 0. The molecule has 2 aromatic rings. The molecule has 0 bridgehead atoms.